The quantitative estimate of drug-likeness (QED) is 0.888. The van der Waals surface area contributed by atoms with Crippen molar-refractivity contribution in [2.75, 3.05) is 0 Å². The lowest BCUT2D eigenvalue weighted by Crippen LogP contribution is -2.16. The molecule has 1 atom stereocenters. The Morgan fingerprint density at radius 2 is 1.89 bits per heavy atom. The maximum atomic E-state index is 14.0. The van der Waals surface area contributed by atoms with Crippen molar-refractivity contribution in [3.63, 3.8) is 0 Å². The summed E-state index contributed by atoms with van der Waals surface area (Å²) >= 11 is 3.31. The molecule has 2 aromatic carbocycles. The van der Waals surface area contributed by atoms with Gasteiger partial charge in [-0.3, -0.25) is 0 Å². The molecule has 2 N–H and O–H groups in total. The summed E-state index contributed by atoms with van der Waals surface area (Å²) in [5, 5.41) is 0. The Kier molecular flexibility index (Phi) is 3.78. The molecule has 0 heterocycles. The molecular weight excluding hydrogens is 300 g/mol. The van der Waals surface area contributed by atoms with Crippen LogP contribution in [0.2, 0.25) is 0 Å². The maximum Gasteiger partial charge on any atom is 0.134 e. The van der Waals surface area contributed by atoms with Crippen LogP contribution in [0, 0.1) is 18.6 Å². The number of benzene rings is 2. The van der Waals surface area contributed by atoms with Gasteiger partial charge in [0, 0.05) is 10.0 Å². The first kappa shape index (κ1) is 13.2. The van der Waals surface area contributed by atoms with Crippen molar-refractivity contribution in [1.82, 2.24) is 0 Å². The second-order valence-electron chi connectivity index (χ2n) is 4.12. The van der Waals surface area contributed by atoms with Crippen LogP contribution >= 0.6 is 15.9 Å². The molecule has 0 bridgehead atoms. The molecule has 18 heavy (non-hydrogen) atoms. The van der Waals surface area contributed by atoms with Gasteiger partial charge < -0.3 is 5.73 Å². The minimum Gasteiger partial charge on any atom is -0.320 e. The van der Waals surface area contributed by atoms with Crippen molar-refractivity contribution in [2.45, 2.75) is 13.0 Å². The van der Waals surface area contributed by atoms with Gasteiger partial charge in [0.15, 0.2) is 0 Å². The molecule has 0 aliphatic rings. The predicted octanol–water partition coefficient (Wildman–Crippen LogP) is 4.08. The second kappa shape index (κ2) is 5.16. The van der Waals surface area contributed by atoms with E-state index in [1.807, 2.05) is 6.07 Å². The van der Waals surface area contributed by atoms with Crippen molar-refractivity contribution in [3.8, 4) is 0 Å². The molecular formula is C14H12BrF2N. The van der Waals surface area contributed by atoms with Gasteiger partial charge in [-0.2, -0.15) is 0 Å². The molecule has 0 aliphatic carbocycles. The van der Waals surface area contributed by atoms with Crippen LogP contribution in [0.4, 0.5) is 8.78 Å². The van der Waals surface area contributed by atoms with Crippen LogP contribution < -0.4 is 5.73 Å². The Hall–Kier alpha value is -1.26. The van der Waals surface area contributed by atoms with E-state index in [2.05, 4.69) is 15.9 Å². The normalized spacial score (nSPS) is 12.5. The summed E-state index contributed by atoms with van der Waals surface area (Å²) in [7, 11) is 0. The van der Waals surface area contributed by atoms with E-state index < -0.39 is 17.7 Å². The zero-order chi connectivity index (χ0) is 13.3. The molecule has 1 nitrogen and oxygen atoms in total. The van der Waals surface area contributed by atoms with Crippen LogP contribution in [0.5, 0.6) is 0 Å². The Morgan fingerprint density at radius 3 is 2.56 bits per heavy atom. The van der Waals surface area contributed by atoms with E-state index in [9.17, 15) is 8.78 Å². The smallest absolute Gasteiger partial charge is 0.134 e. The van der Waals surface area contributed by atoms with Crippen molar-refractivity contribution >= 4 is 15.9 Å². The Balaban J connectivity index is 2.52. The number of rotatable bonds is 2. The van der Waals surface area contributed by atoms with E-state index in [0.29, 0.717) is 11.1 Å². The fraction of sp³-hybridized carbons (Fsp3) is 0.143. The van der Waals surface area contributed by atoms with E-state index in [0.717, 1.165) is 4.47 Å². The molecule has 1 unspecified atom stereocenters. The zero-order valence-electron chi connectivity index (χ0n) is 9.75. The number of nitrogens with two attached hydrogens (primary N) is 1. The first-order chi connectivity index (χ1) is 8.50. The van der Waals surface area contributed by atoms with E-state index in [-0.39, 0.29) is 5.56 Å². The van der Waals surface area contributed by atoms with Crippen LogP contribution in [0.1, 0.15) is 22.7 Å². The van der Waals surface area contributed by atoms with Crippen molar-refractivity contribution in [2.24, 2.45) is 5.73 Å². The highest BCUT2D eigenvalue weighted by molar-refractivity contribution is 9.10. The Morgan fingerprint density at radius 1 is 1.17 bits per heavy atom. The number of aryl methyl sites for hydroxylation is 1. The van der Waals surface area contributed by atoms with Gasteiger partial charge in [0.1, 0.15) is 11.6 Å². The lowest BCUT2D eigenvalue weighted by Gasteiger charge is -2.15. The first-order valence-corrected chi connectivity index (χ1v) is 6.25. The minimum atomic E-state index is -0.817. The Bertz CT molecular complexity index is 584. The summed E-state index contributed by atoms with van der Waals surface area (Å²) in [6, 6.07) is 8.95. The highest BCUT2D eigenvalue weighted by Gasteiger charge is 2.19. The lowest BCUT2D eigenvalue weighted by molar-refractivity contribution is 0.538. The van der Waals surface area contributed by atoms with E-state index in [1.165, 1.54) is 12.1 Å². The van der Waals surface area contributed by atoms with Crippen LogP contribution in [-0.2, 0) is 0 Å². The number of halogens is 3. The summed E-state index contributed by atoms with van der Waals surface area (Å²) in [6.45, 7) is 1.59. The van der Waals surface area contributed by atoms with Crippen molar-refractivity contribution in [3.05, 3.63) is 69.2 Å². The van der Waals surface area contributed by atoms with Crippen LogP contribution in [0.25, 0.3) is 0 Å². The molecule has 2 aromatic rings. The van der Waals surface area contributed by atoms with Crippen LogP contribution in [-0.4, -0.2) is 0 Å². The average molecular weight is 312 g/mol. The molecule has 0 spiro atoms. The molecule has 0 saturated heterocycles. The summed E-state index contributed by atoms with van der Waals surface area (Å²) in [5.41, 5.74) is 6.91. The largest absolute Gasteiger partial charge is 0.320 e. The molecule has 0 amide bonds. The fourth-order valence-electron chi connectivity index (χ4n) is 1.83. The zero-order valence-corrected chi connectivity index (χ0v) is 11.3. The van der Waals surface area contributed by atoms with Gasteiger partial charge in [0.05, 0.1) is 6.04 Å². The summed E-state index contributed by atoms with van der Waals surface area (Å²) < 4.78 is 28.5. The SMILES string of the molecule is Cc1ccc(F)c(C(N)c2cccc(Br)c2)c1F. The van der Waals surface area contributed by atoms with Gasteiger partial charge in [-0.05, 0) is 36.2 Å². The molecule has 0 aromatic heterocycles. The van der Waals surface area contributed by atoms with Gasteiger partial charge in [0.2, 0.25) is 0 Å². The van der Waals surface area contributed by atoms with Gasteiger partial charge in [-0.15, -0.1) is 0 Å². The first-order valence-electron chi connectivity index (χ1n) is 5.46. The van der Waals surface area contributed by atoms with E-state index in [1.54, 1.807) is 25.1 Å². The molecule has 0 radical (unpaired) electrons. The van der Waals surface area contributed by atoms with Crippen LogP contribution in [0.15, 0.2) is 40.9 Å². The molecule has 94 valence electrons. The van der Waals surface area contributed by atoms with Gasteiger partial charge in [0.25, 0.3) is 0 Å². The van der Waals surface area contributed by atoms with Crippen molar-refractivity contribution < 1.29 is 8.78 Å². The van der Waals surface area contributed by atoms with E-state index in [4.69, 9.17) is 5.73 Å². The number of hydrogen-bond donors (Lipinski definition) is 1. The number of hydrogen-bond acceptors (Lipinski definition) is 1. The summed E-state index contributed by atoms with van der Waals surface area (Å²) in [5.74, 6) is -1.20. The minimum absolute atomic E-state index is 0.0897. The molecule has 0 fully saturated rings. The average Bonchev–Trinajstić information content (AvgIpc) is 2.34. The maximum absolute atomic E-state index is 14.0. The topological polar surface area (TPSA) is 26.0 Å². The third-order valence-corrected chi connectivity index (χ3v) is 3.33. The molecule has 4 heteroatoms. The van der Waals surface area contributed by atoms with Crippen LogP contribution in [0.3, 0.4) is 0 Å². The molecule has 2 rings (SSSR count). The van der Waals surface area contributed by atoms with Gasteiger partial charge >= 0.3 is 0 Å². The third-order valence-electron chi connectivity index (χ3n) is 2.84. The highest BCUT2D eigenvalue weighted by atomic mass is 79.9. The summed E-state index contributed by atoms with van der Waals surface area (Å²) in [6.07, 6.45) is 0. The van der Waals surface area contributed by atoms with Crippen molar-refractivity contribution in [1.29, 1.82) is 0 Å². The summed E-state index contributed by atoms with van der Waals surface area (Å²) in [4.78, 5) is 0. The predicted molar refractivity (Wildman–Crippen MR) is 71.3 cm³/mol. The standard InChI is InChI=1S/C14H12BrF2N/c1-8-5-6-11(16)12(13(8)17)14(18)9-3-2-4-10(15)7-9/h2-7,14H,18H2,1H3. The molecule has 0 saturated carbocycles. The fourth-order valence-corrected chi connectivity index (χ4v) is 2.25. The van der Waals surface area contributed by atoms with Gasteiger partial charge in [-0.1, -0.05) is 34.1 Å². The lowest BCUT2D eigenvalue weighted by atomic mass is 9.97. The monoisotopic (exact) mass is 311 g/mol. The van der Waals surface area contributed by atoms with E-state index >= 15 is 0 Å². The second-order valence-corrected chi connectivity index (χ2v) is 5.04. The molecule has 0 aliphatic heterocycles. The highest BCUT2D eigenvalue weighted by Crippen LogP contribution is 2.28. The van der Waals surface area contributed by atoms with Gasteiger partial charge in [-0.25, -0.2) is 8.78 Å². The third kappa shape index (κ3) is 2.44. The Labute approximate surface area is 113 Å².